The van der Waals surface area contributed by atoms with Gasteiger partial charge in [0.15, 0.2) is 0 Å². The predicted molar refractivity (Wildman–Crippen MR) is 74.4 cm³/mol. The van der Waals surface area contributed by atoms with Crippen molar-refractivity contribution in [1.82, 2.24) is 15.3 Å². The first-order valence-electron chi connectivity index (χ1n) is 5.96. The molecule has 0 aliphatic heterocycles. The molecule has 0 aliphatic carbocycles. The molecule has 1 aromatic rings. The first-order valence-corrected chi connectivity index (χ1v) is 5.96. The summed E-state index contributed by atoms with van der Waals surface area (Å²) in [6.45, 7) is 3.83. The molecule has 8 heteroatoms. The third-order valence-corrected chi connectivity index (χ3v) is 2.54. The van der Waals surface area contributed by atoms with E-state index in [-0.39, 0.29) is 23.9 Å². The lowest BCUT2D eigenvalue weighted by Gasteiger charge is -2.16. The van der Waals surface area contributed by atoms with Gasteiger partial charge in [0.25, 0.3) is 11.8 Å². The molecule has 1 heterocycles. The van der Waals surface area contributed by atoms with Crippen LogP contribution in [0.5, 0.6) is 0 Å². The molecule has 1 amide bonds. The maximum atomic E-state index is 13.0. The van der Waals surface area contributed by atoms with E-state index in [2.05, 4.69) is 15.3 Å². The molecule has 0 unspecified atom stereocenters. The topological polar surface area (TPSA) is 80.9 Å². The van der Waals surface area contributed by atoms with Gasteiger partial charge in [0, 0.05) is 6.20 Å². The Morgan fingerprint density at radius 3 is 2.60 bits per heavy atom. The van der Waals surface area contributed by atoms with Crippen molar-refractivity contribution in [3.8, 4) is 0 Å². The molecule has 0 fully saturated rings. The summed E-state index contributed by atoms with van der Waals surface area (Å²) in [5.74, 6) is -3.19. The number of amides is 1. The zero-order valence-electron chi connectivity index (χ0n) is 11.6. The Labute approximate surface area is 122 Å². The summed E-state index contributed by atoms with van der Waals surface area (Å²) in [7, 11) is 0. The third kappa shape index (κ3) is 4.97. The number of hydrogen-bond acceptors (Lipinski definition) is 4. The Bertz CT molecular complexity index is 469. The van der Waals surface area contributed by atoms with E-state index in [1.54, 1.807) is 6.92 Å². The van der Waals surface area contributed by atoms with Crippen LogP contribution in [0.3, 0.4) is 0 Å². The molecule has 0 saturated carbocycles. The number of nitrogens with one attached hydrogen (secondary N) is 1. The van der Waals surface area contributed by atoms with Crippen LogP contribution in [0.4, 0.5) is 8.78 Å². The van der Waals surface area contributed by atoms with Gasteiger partial charge in [-0.15, -0.1) is 12.4 Å². The lowest BCUT2D eigenvalue weighted by molar-refractivity contribution is 0.0118. The van der Waals surface area contributed by atoms with Crippen LogP contribution in [0.15, 0.2) is 6.20 Å². The highest BCUT2D eigenvalue weighted by Gasteiger charge is 2.28. The van der Waals surface area contributed by atoms with Crippen LogP contribution in [-0.4, -0.2) is 34.9 Å². The molecule has 0 radical (unpaired) electrons. The highest BCUT2D eigenvalue weighted by atomic mass is 35.5. The number of halogens is 3. The zero-order valence-corrected chi connectivity index (χ0v) is 12.4. The average molecular weight is 309 g/mol. The van der Waals surface area contributed by atoms with E-state index >= 15 is 0 Å². The van der Waals surface area contributed by atoms with Crippen molar-refractivity contribution in [2.24, 2.45) is 5.73 Å². The molecule has 1 aromatic heterocycles. The van der Waals surface area contributed by atoms with E-state index < -0.39 is 24.9 Å². The maximum absolute atomic E-state index is 13.0. The normalized spacial score (nSPS) is 11.2. The van der Waals surface area contributed by atoms with Gasteiger partial charge in [-0.3, -0.25) is 4.79 Å². The minimum atomic E-state index is -3.11. The Morgan fingerprint density at radius 2 is 2.10 bits per heavy atom. The molecule has 20 heavy (non-hydrogen) atoms. The van der Waals surface area contributed by atoms with Crippen LogP contribution < -0.4 is 11.1 Å². The van der Waals surface area contributed by atoms with Gasteiger partial charge < -0.3 is 11.1 Å². The molecular weight excluding hydrogens is 290 g/mol. The summed E-state index contributed by atoms with van der Waals surface area (Å²) in [6, 6.07) is 0. The van der Waals surface area contributed by atoms with Crippen LogP contribution >= 0.6 is 12.4 Å². The number of carbonyl (C=O) groups excluding carboxylic acids is 1. The van der Waals surface area contributed by atoms with E-state index in [0.29, 0.717) is 11.5 Å². The van der Waals surface area contributed by atoms with Gasteiger partial charge in [-0.05, 0) is 12.8 Å². The number of rotatable bonds is 5. The van der Waals surface area contributed by atoms with Gasteiger partial charge in [-0.2, -0.15) is 0 Å². The molecule has 114 valence electrons. The van der Waals surface area contributed by atoms with Gasteiger partial charge in [0.1, 0.15) is 5.82 Å². The molecule has 0 aliphatic rings. The van der Waals surface area contributed by atoms with Crippen molar-refractivity contribution in [3.63, 3.8) is 0 Å². The number of aryl methyl sites for hydroxylation is 1. The van der Waals surface area contributed by atoms with E-state index in [1.165, 1.54) is 6.20 Å². The summed E-state index contributed by atoms with van der Waals surface area (Å²) in [5, 5.41) is 2.16. The maximum Gasteiger partial charge on any atom is 0.277 e. The summed E-state index contributed by atoms with van der Waals surface area (Å²) in [5.41, 5.74) is 5.66. The second-order valence-electron chi connectivity index (χ2n) is 4.61. The van der Waals surface area contributed by atoms with Crippen molar-refractivity contribution >= 4 is 18.3 Å². The van der Waals surface area contributed by atoms with Crippen LogP contribution in [0.1, 0.15) is 41.6 Å². The Hall–Kier alpha value is -1.34. The fourth-order valence-corrected chi connectivity index (χ4v) is 1.48. The van der Waals surface area contributed by atoms with Crippen LogP contribution in [0.25, 0.3) is 0 Å². The number of carbonyl (C=O) groups is 1. The second kappa shape index (κ2) is 7.44. The number of hydrogen-bond donors (Lipinski definition) is 2. The molecule has 3 N–H and O–H groups in total. The molecule has 0 saturated heterocycles. The molecule has 0 spiro atoms. The first-order chi connectivity index (χ1) is 8.76. The smallest absolute Gasteiger partial charge is 0.277 e. The van der Waals surface area contributed by atoms with Crippen LogP contribution in [0.2, 0.25) is 0 Å². The molecule has 5 nitrogen and oxygen atoms in total. The molecule has 1 rings (SSSR count). The largest absolute Gasteiger partial charge is 0.346 e. The number of aromatic nitrogens is 2. The highest BCUT2D eigenvalue weighted by molar-refractivity contribution is 5.95. The summed E-state index contributed by atoms with van der Waals surface area (Å²) >= 11 is 0. The molecule has 0 aromatic carbocycles. The van der Waals surface area contributed by atoms with Crippen molar-refractivity contribution in [2.75, 3.05) is 13.1 Å². The quantitative estimate of drug-likeness (QED) is 0.866. The SMILES string of the molecule is Cc1ncc(C(=O)NCC(F)(F)CN)c(C(C)C)n1.Cl. The van der Waals surface area contributed by atoms with E-state index in [9.17, 15) is 13.6 Å². The Balaban J connectivity index is 0.00000361. The van der Waals surface area contributed by atoms with Crippen molar-refractivity contribution in [3.05, 3.63) is 23.3 Å². The van der Waals surface area contributed by atoms with Crippen LogP contribution in [-0.2, 0) is 0 Å². The molecule has 0 bridgehead atoms. The van der Waals surface area contributed by atoms with Crippen molar-refractivity contribution in [2.45, 2.75) is 32.6 Å². The minimum absolute atomic E-state index is 0. The highest BCUT2D eigenvalue weighted by Crippen LogP contribution is 2.17. The summed E-state index contributed by atoms with van der Waals surface area (Å²) in [4.78, 5) is 20.0. The lowest BCUT2D eigenvalue weighted by Crippen LogP contribution is -2.41. The fraction of sp³-hybridized carbons (Fsp3) is 0.583. The van der Waals surface area contributed by atoms with Gasteiger partial charge in [-0.25, -0.2) is 18.7 Å². The number of nitrogens with two attached hydrogens (primary N) is 1. The van der Waals surface area contributed by atoms with Gasteiger partial charge in [0.2, 0.25) is 0 Å². The monoisotopic (exact) mass is 308 g/mol. The first kappa shape index (κ1) is 18.7. The minimum Gasteiger partial charge on any atom is -0.346 e. The predicted octanol–water partition coefficient (Wildman–Crippen LogP) is 1.65. The zero-order chi connectivity index (χ0) is 14.6. The summed E-state index contributed by atoms with van der Waals surface area (Å²) < 4.78 is 26.0. The van der Waals surface area contributed by atoms with E-state index in [4.69, 9.17) is 5.73 Å². The average Bonchev–Trinajstić information content (AvgIpc) is 2.36. The Kier molecular flexibility index (Phi) is 6.95. The van der Waals surface area contributed by atoms with Gasteiger partial charge >= 0.3 is 0 Å². The Morgan fingerprint density at radius 1 is 1.50 bits per heavy atom. The van der Waals surface area contributed by atoms with E-state index in [1.807, 2.05) is 13.8 Å². The van der Waals surface area contributed by atoms with Crippen LogP contribution in [0, 0.1) is 6.92 Å². The van der Waals surface area contributed by atoms with Crippen molar-refractivity contribution in [1.29, 1.82) is 0 Å². The molecule has 0 atom stereocenters. The third-order valence-electron chi connectivity index (χ3n) is 2.54. The molecular formula is C12H19ClF2N4O. The standard InChI is InChI=1S/C12H18F2N4O.ClH/c1-7(2)10-9(4-16-8(3)18-10)11(19)17-6-12(13,14)5-15;/h4,7H,5-6,15H2,1-3H3,(H,17,19);1H. The number of alkyl halides is 2. The van der Waals surface area contributed by atoms with E-state index in [0.717, 1.165) is 0 Å². The van der Waals surface area contributed by atoms with Gasteiger partial charge in [0.05, 0.1) is 24.3 Å². The number of nitrogens with zero attached hydrogens (tertiary/aromatic N) is 2. The lowest BCUT2D eigenvalue weighted by atomic mass is 10.0. The fourth-order valence-electron chi connectivity index (χ4n) is 1.48. The van der Waals surface area contributed by atoms with Gasteiger partial charge in [-0.1, -0.05) is 13.8 Å². The second-order valence-corrected chi connectivity index (χ2v) is 4.61. The summed E-state index contributed by atoms with van der Waals surface area (Å²) in [6.07, 6.45) is 1.35. The van der Waals surface area contributed by atoms with Crippen molar-refractivity contribution < 1.29 is 13.6 Å².